The zero-order chi connectivity index (χ0) is 12.0. The van der Waals surface area contributed by atoms with Gasteiger partial charge < -0.3 is 9.47 Å². The van der Waals surface area contributed by atoms with Gasteiger partial charge in [0.15, 0.2) is 0 Å². The Morgan fingerprint density at radius 2 is 2.19 bits per heavy atom. The van der Waals surface area contributed by atoms with Gasteiger partial charge in [-0.1, -0.05) is 0 Å². The molecule has 16 heavy (non-hydrogen) atoms. The van der Waals surface area contributed by atoms with Gasteiger partial charge >= 0.3 is 5.97 Å². The maximum Gasteiger partial charge on any atom is 0.309 e. The van der Waals surface area contributed by atoms with Gasteiger partial charge in [0.05, 0.1) is 19.6 Å². The van der Waals surface area contributed by atoms with Crippen LogP contribution in [0.15, 0.2) is 18.2 Å². The molecule has 0 amide bonds. The predicted octanol–water partition coefficient (Wildman–Crippen LogP) is 2.47. The summed E-state index contributed by atoms with van der Waals surface area (Å²) >= 11 is 0. The Balaban J connectivity index is 2.37. The average molecular weight is 226 g/mol. The lowest BCUT2D eigenvalue weighted by Gasteiger charge is -2.06. The van der Waals surface area contributed by atoms with E-state index in [1.165, 1.54) is 12.1 Å². The number of carbonyl (C=O) groups excluding carboxylic acids is 1. The summed E-state index contributed by atoms with van der Waals surface area (Å²) in [5.41, 5.74) is 0.522. The maximum atomic E-state index is 12.9. The Morgan fingerprint density at radius 1 is 1.44 bits per heavy atom. The van der Waals surface area contributed by atoms with Crippen LogP contribution in [0.3, 0.4) is 0 Å². The lowest BCUT2D eigenvalue weighted by Crippen LogP contribution is -2.09. The average Bonchev–Trinajstić information content (AvgIpc) is 2.24. The molecule has 0 aromatic heterocycles. The molecule has 88 valence electrons. The van der Waals surface area contributed by atoms with Crippen molar-refractivity contribution in [3.63, 3.8) is 0 Å². The van der Waals surface area contributed by atoms with Crippen LogP contribution >= 0.6 is 0 Å². The van der Waals surface area contributed by atoms with Crippen LogP contribution in [0.4, 0.5) is 4.39 Å². The van der Waals surface area contributed by atoms with E-state index in [0.717, 1.165) is 0 Å². The van der Waals surface area contributed by atoms with Crippen LogP contribution in [0.2, 0.25) is 0 Å². The molecular formula is C12H15FO3. The van der Waals surface area contributed by atoms with Crippen molar-refractivity contribution in [2.24, 2.45) is 0 Å². The van der Waals surface area contributed by atoms with Crippen LogP contribution < -0.4 is 4.74 Å². The van der Waals surface area contributed by atoms with E-state index in [9.17, 15) is 9.18 Å². The zero-order valence-electron chi connectivity index (χ0n) is 9.46. The van der Waals surface area contributed by atoms with E-state index < -0.39 is 0 Å². The molecule has 0 N–H and O–H groups in total. The standard InChI is InChI=1S/C12H15FO3/c1-3-15-12(14)6-7-16-10-4-5-11(13)9(2)8-10/h4-5,8H,3,6-7H2,1-2H3. The highest BCUT2D eigenvalue weighted by molar-refractivity contribution is 5.69. The Bertz CT molecular complexity index is 363. The number of ether oxygens (including phenoxy) is 2. The predicted molar refractivity (Wildman–Crippen MR) is 57.9 cm³/mol. The molecule has 0 heterocycles. The fraction of sp³-hybridized carbons (Fsp3) is 0.417. The molecule has 0 saturated heterocycles. The fourth-order valence-corrected chi connectivity index (χ4v) is 1.19. The molecule has 0 atom stereocenters. The number of benzene rings is 1. The number of hydrogen-bond acceptors (Lipinski definition) is 3. The van der Waals surface area contributed by atoms with Crippen molar-refractivity contribution in [3.8, 4) is 5.75 Å². The van der Waals surface area contributed by atoms with Crippen molar-refractivity contribution in [2.75, 3.05) is 13.2 Å². The Kier molecular flexibility index (Phi) is 4.76. The highest BCUT2D eigenvalue weighted by atomic mass is 19.1. The topological polar surface area (TPSA) is 35.5 Å². The van der Waals surface area contributed by atoms with Crippen LogP contribution in [0.25, 0.3) is 0 Å². The first kappa shape index (κ1) is 12.5. The molecule has 0 saturated carbocycles. The third-order valence-electron chi connectivity index (χ3n) is 2.01. The van der Waals surface area contributed by atoms with Gasteiger partial charge in [0.25, 0.3) is 0 Å². The summed E-state index contributed by atoms with van der Waals surface area (Å²) in [6.07, 6.45) is 0.199. The largest absolute Gasteiger partial charge is 0.493 e. The summed E-state index contributed by atoms with van der Waals surface area (Å²) in [6.45, 7) is 4.02. The summed E-state index contributed by atoms with van der Waals surface area (Å²) in [7, 11) is 0. The molecule has 0 fully saturated rings. The van der Waals surface area contributed by atoms with Crippen molar-refractivity contribution in [1.29, 1.82) is 0 Å². The molecule has 3 nitrogen and oxygen atoms in total. The summed E-state index contributed by atoms with van der Waals surface area (Å²) in [4.78, 5) is 11.0. The molecule has 0 aliphatic rings. The SMILES string of the molecule is CCOC(=O)CCOc1ccc(F)c(C)c1. The van der Waals surface area contributed by atoms with Gasteiger partial charge in [0.2, 0.25) is 0 Å². The second kappa shape index (κ2) is 6.10. The van der Waals surface area contributed by atoms with Gasteiger partial charge in [-0.05, 0) is 37.6 Å². The minimum atomic E-state index is -0.290. The summed E-state index contributed by atoms with van der Waals surface area (Å²) < 4.78 is 23.0. The van der Waals surface area contributed by atoms with Gasteiger partial charge in [-0.15, -0.1) is 0 Å². The Labute approximate surface area is 94.2 Å². The van der Waals surface area contributed by atoms with E-state index in [4.69, 9.17) is 9.47 Å². The monoisotopic (exact) mass is 226 g/mol. The molecule has 0 spiro atoms. The number of halogens is 1. The molecule has 1 rings (SSSR count). The van der Waals surface area contributed by atoms with Gasteiger partial charge in [-0.2, -0.15) is 0 Å². The van der Waals surface area contributed by atoms with Crippen molar-refractivity contribution in [3.05, 3.63) is 29.6 Å². The van der Waals surface area contributed by atoms with Crippen molar-refractivity contribution >= 4 is 5.97 Å². The smallest absolute Gasteiger partial charge is 0.309 e. The lowest BCUT2D eigenvalue weighted by molar-refractivity contribution is -0.143. The summed E-state index contributed by atoms with van der Waals surface area (Å²) in [5.74, 6) is 0.00211. The second-order valence-electron chi connectivity index (χ2n) is 3.31. The molecule has 1 aromatic carbocycles. The molecule has 1 aromatic rings. The van der Waals surface area contributed by atoms with E-state index >= 15 is 0 Å². The van der Waals surface area contributed by atoms with Gasteiger partial charge in [-0.3, -0.25) is 4.79 Å². The lowest BCUT2D eigenvalue weighted by atomic mass is 10.2. The number of rotatable bonds is 5. The minimum absolute atomic E-state index is 0.199. The van der Waals surface area contributed by atoms with Crippen LogP contribution in [0.1, 0.15) is 18.9 Å². The highest BCUT2D eigenvalue weighted by Gasteiger charge is 2.03. The molecule has 0 aliphatic heterocycles. The first-order valence-corrected chi connectivity index (χ1v) is 5.18. The van der Waals surface area contributed by atoms with Gasteiger partial charge in [0.1, 0.15) is 11.6 Å². The number of carbonyl (C=O) groups is 1. The summed E-state index contributed by atoms with van der Waals surface area (Å²) in [5, 5.41) is 0. The van der Waals surface area contributed by atoms with Gasteiger partial charge in [-0.25, -0.2) is 4.39 Å². The molecule has 0 radical (unpaired) electrons. The van der Waals surface area contributed by atoms with Crippen molar-refractivity contribution in [1.82, 2.24) is 0 Å². The third kappa shape index (κ3) is 3.88. The normalized spacial score (nSPS) is 9.94. The third-order valence-corrected chi connectivity index (χ3v) is 2.01. The van der Waals surface area contributed by atoms with E-state index in [-0.39, 0.29) is 24.8 Å². The van der Waals surface area contributed by atoms with E-state index in [1.54, 1.807) is 19.9 Å². The van der Waals surface area contributed by atoms with Crippen molar-refractivity contribution < 1.29 is 18.7 Å². The van der Waals surface area contributed by atoms with E-state index in [1.807, 2.05) is 0 Å². The second-order valence-corrected chi connectivity index (χ2v) is 3.31. The Hall–Kier alpha value is -1.58. The first-order chi connectivity index (χ1) is 7.63. The summed E-state index contributed by atoms with van der Waals surface area (Å²) in [6, 6.07) is 4.48. The molecule has 4 heteroatoms. The van der Waals surface area contributed by atoms with E-state index in [2.05, 4.69) is 0 Å². The van der Waals surface area contributed by atoms with Crippen LogP contribution in [0, 0.1) is 12.7 Å². The maximum absolute atomic E-state index is 12.9. The van der Waals surface area contributed by atoms with Gasteiger partial charge in [0, 0.05) is 0 Å². The quantitative estimate of drug-likeness (QED) is 0.723. The van der Waals surface area contributed by atoms with Crippen LogP contribution in [-0.4, -0.2) is 19.2 Å². The molecule has 0 aliphatic carbocycles. The fourth-order valence-electron chi connectivity index (χ4n) is 1.19. The molecule has 0 bridgehead atoms. The zero-order valence-corrected chi connectivity index (χ0v) is 9.46. The molecular weight excluding hydrogens is 211 g/mol. The number of hydrogen-bond donors (Lipinski definition) is 0. The number of esters is 1. The van der Waals surface area contributed by atoms with Crippen LogP contribution in [-0.2, 0) is 9.53 Å². The molecule has 0 unspecified atom stereocenters. The number of aryl methyl sites for hydroxylation is 1. The van der Waals surface area contributed by atoms with E-state index in [0.29, 0.717) is 17.9 Å². The van der Waals surface area contributed by atoms with Crippen LogP contribution in [0.5, 0.6) is 5.75 Å². The first-order valence-electron chi connectivity index (χ1n) is 5.18. The minimum Gasteiger partial charge on any atom is -0.493 e. The highest BCUT2D eigenvalue weighted by Crippen LogP contribution is 2.15. The van der Waals surface area contributed by atoms with Crippen molar-refractivity contribution in [2.45, 2.75) is 20.3 Å². The Morgan fingerprint density at radius 3 is 2.81 bits per heavy atom.